The lowest BCUT2D eigenvalue weighted by molar-refractivity contribution is -0.131. The molecule has 2 aromatic rings. The Morgan fingerprint density at radius 3 is 2.30 bits per heavy atom. The van der Waals surface area contributed by atoms with Crippen molar-refractivity contribution in [3.63, 3.8) is 0 Å². The van der Waals surface area contributed by atoms with Gasteiger partial charge in [-0.3, -0.25) is 9.59 Å². The molecule has 0 aromatic heterocycles. The number of carbonyl (C=O) groups excluding carboxylic acids is 2. The van der Waals surface area contributed by atoms with Gasteiger partial charge in [0.15, 0.2) is 6.10 Å². The van der Waals surface area contributed by atoms with Gasteiger partial charge >= 0.3 is 0 Å². The lowest BCUT2D eigenvalue weighted by Gasteiger charge is -2.14. The Balaban J connectivity index is 1.88. The molecule has 0 aliphatic carbocycles. The van der Waals surface area contributed by atoms with Crippen LogP contribution in [0, 0.1) is 0 Å². The maximum Gasteiger partial charge on any atom is 0.273 e. The zero-order chi connectivity index (χ0) is 19.6. The molecule has 0 aliphatic rings. The van der Waals surface area contributed by atoms with Crippen molar-refractivity contribution in [2.24, 2.45) is 5.10 Å². The van der Waals surface area contributed by atoms with Gasteiger partial charge in [-0.05, 0) is 36.8 Å². The SMILES string of the molecule is COc1ccc(NC(=O)CC(C)=NNC(=O)C(OC)c2ccccc2)cc1. The molecular formula is C20H23N3O4. The topological polar surface area (TPSA) is 89.0 Å². The summed E-state index contributed by atoms with van der Waals surface area (Å²) in [6, 6.07) is 16.1. The fraction of sp³-hybridized carbons (Fsp3) is 0.250. The average molecular weight is 369 g/mol. The van der Waals surface area contributed by atoms with Gasteiger partial charge in [-0.1, -0.05) is 30.3 Å². The predicted molar refractivity (Wildman–Crippen MR) is 104 cm³/mol. The monoisotopic (exact) mass is 369 g/mol. The summed E-state index contributed by atoms with van der Waals surface area (Å²) in [5, 5.41) is 6.74. The Morgan fingerprint density at radius 2 is 1.70 bits per heavy atom. The Bertz CT molecular complexity index is 789. The standard InChI is InChI=1S/C20H23N3O4/c1-14(13-18(24)21-16-9-11-17(26-2)12-10-16)22-23-20(25)19(27-3)15-7-5-4-6-8-15/h4-12,19H,13H2,1-3H3,(H,21,24)(H,23,25). The van der Waals surface area contributed by atoms with E-state index in [1.165, 1.54) is 7.11 Å². The van der Waals surface area contributed by atoms with Crippen molar-refractivity contribution in [2.75, 3.05) is 19.5 Å². The highest BCUT2D eigenvalue weighted by Crippen LogP contribution is 2.16. The highest BCUT2D eigenvalue weighted by Gasteiger charge is 2.19. The van der Waals surface area contributed by atoms with Crippen LogP contribution < -0.4 is 15.5 Å². The zero-order valence-corrected chi connectivity index (χ0v) is 15.6. The molecule has 0 heterocycles. The van der Waals surface area contributed by atoms with Gasteiger partial charge < -0.3 is 14.8 Å². The summed E-state index contributed by atoms with van der Waals surface area (Å²) in [5.74, 6) is 0.0696. The van der Waals surface area contributed by atoms with E-state index in [2.05, 4.69) is 15.8 Å². The first-order valence-electron chi connectivity index (χ1n) is 8.38. The van der Waals surface area contributed by atoms with Gasteiger partial charge in [0, 0.05) is 18.5 Å². The Morgan fingerprint density at radius 1 is 1.04 bits per heavy atom. The van der Waals surface area contributed by atoms with Gasteiger partial charge in [-0.25, -0.2) is 5.43 Å². The number of hydrogen-bond acceptors (Lipinski definition) is 5. The maximum absolute atomic E-state index is 12.3. The molecule has 7 nitrogen and oxygen atoms in total. The van der Waals surface area contributed by atoms with Gasteiger partial charge in [0.2, 0.25) is 5.91 Å². The third kappa shape index (κ3) is 6.23. The molecule has 0 saturated heterocycles. The third-order valence-electron chi connectivity index (χ3n) is 3.72. The van der Waals surface area contributed by atoms with Crippen LogP contribution in [-0.2, 0) is 14.3 Å². The number of amides is 2. The molecule has 2 amide bonds. The van der Waals surface area contributed by atoms with E-state index in [-0.39, 0.29) is 12.3 Å². The van der Waals surface area contributed by atoms with Crippen LogP contribution in [0.5, 0.6) is 5.75 Å². The van der Waals surface area contributed by atoms with Crippen LogP contribution in [0.2, 0.25) is 0 Å². The van der Waals surface area contributed by atoms with Crippen LogP contribution in [0.1, 0.15) is 25.0 Å². The van der Waals surface area contributed by atoms with Gasteiger partial charge in [-0.2, -0.15) is 5.10 Å². The molecule has 0 radical (unpaired) electrons. The van der Waals surface area contributed by atoms with Gasteiger partial charge in [0.1, 0.15) is 5.75 Å². The van der Waals surface area contributed by atoms with E-state index in [1.807, 2.05) is 18.2 Å². The van der Waals surface area contributed by atoms with E-state index in [4.69, 9.17) is 9.47 Å². The molecule has 1 unspecified atom stereocenters. The zero-order valence-electron chi connectivity index (χ0n) is 15.6. The summed E-state index contributed by atoms with van der Waals surface area (Å²) in [6.07, 6.45) is -0.717. The molecule has 0 spiro atoms. The molecule has 0 aliphatic heterocycles. The van der Waals surface area contributed by atoms with Crippen LogP contribution in [0.4, 0.5) is 5.69 Å². The van der Waals surface area contributed by atoms with Crippen LogP contribution in [-0.4, -0.2) is 31.7 Å². The van der Waals surface area contributed by atoms with Crippen LogP contribution in [0.3, 0.4) is 0 Å². The van der Waals surface area contributed by atoms with Gasteiger partial charge in [0.05, 0.1) is 13.5 Å². The number of ether oxygens (including phenoxy) is 2. The number of carbonyl (C=O) groups is 2. The summed E-state index contributed by atoms with van der Waals surface area (Å²) in [5.41, 5.74) is 4.29. The number of benzene rings is 2. The minimum Gasteiger partial charge on any atom is -0.497 e. The Hall–Kier alpha value is -3.19. The first kappa shape index (κ1) is 20.1. The van der Waals surface area contributed by atoms with E-state index in [1.54, 1.807) is 50.4 Å². The predicted octanol–water partition coefficient (Wildman–Crippen LogP) is 2.90. The van der Waals surface area contributed by atoms with E-state index in [0.29, 0.717) is 17.1 Å². The number of hydrazone groups is 1. The molecule has 2 rings (SSSR count). The van der Waals surface area contributed by atoms with Crippen LogP contribution >= 0.6 is 0 Å². The third-order valence-corrected chi connectivity index (χ3v) is 3.72. The number of rotatable bonds is 8. The minimum atomic E-state index is -0.768. The number of nitrogens with one attached hydrogen (secondary N) is 2. The first-order valence-corrected chi connectivity index (χ1v) is 8.38. The van der Waals surface area contributed by atoms with Crippen molar-refractivity contribution < 1.29 is 19.1 Å². The number of hydrogen-bond donors (Lipinski definition) is 2. The largest absolute Gasteiger partial charge is 0.497 e. The summed E-state index contributed by atoms with van der Waals surface area (Å²) in [7, 11) is 3.03. The molecule has 7 heteroatoms. The smallest absolute Gasteiger partial charge is 0.273 e. The molecule has 0 fully saturated rings. The number of methoxy groups -OCH3 is 2. The molecule has 1 atom stereocenters. The minimum absolute atomic E-state index is 0.0509. The molecule has 0 bridgehead atoms. The van der Waals surface area contributed by atoms with Gasteiger partial charge in [0.25, 0.3) is 5.91 Å². The summed E-state index contributed by atoms with van der Waals surface area (Å²) in [4.78, 5) is 24.3. The van der Waals surface area contributed by atoms with Crippen molar-refractivity contribution >= 4 is 23.2 Å². The quantitative estimate of drug-likeness (QED) is 0.553. The van der Waals surface area contributed by atoms with E-state index >= 15 is 0 Å². The molecule has 2 N–H and O–H groups in total. The molecule has 142 valence electrons. The van der Waals surface area contributed by atoms with Crippen LogP contribution in [0.15, 0.2) is 59.7 Å². The fourth-order valence-electron chi connectivity index (χ4n) is 2.38. The van der Waals surface area contributed by atoms with Crippen molar-refractivity contribution in [2.45, 2.75) is 19.4 Å². The van der Waals surface area contributed by atoms with Crippen molar-refractivity contribution in [1.82, 2.24) is 5.43 Å². The van der Waals surface area contributed by atoms with Crippen molar-refractivity contribution in [1.29, 1.82) is 0 Å². The average Bonchev–Trinajstić information content (AvgIpc) is 2.68. The highest BCUT2D eigenvalue weighted by atomic mass is 16.5. The van der Waals surface area contributed by atoms with E-state index in [0.717, 1.165) is 5.56 Å². The molecular weight excluding hydrogens is 346 g/mol. The number of nitrogens with zero attached hydrogens (tertiary/aromatic N) is 1. The normalized spacial score (nSPS) is 12.2. The molecule has 0 saturated carbocycles. The van der Waals surface area contributed by atoms with Crippen LogP contribution in [0.25, 0.3) is 0 Å². The maximum atomic E-state index is 12.3. The lowest BCUT2D eigenvalue weighted by Crippen LogP contribution is -2.28. The van der Waals surface area contributed by atoms with Crippen molar-refractivity contribution in [3.8, 4) is 5.75 Å². The Labute approximate surface area is 158 Å². The Kier molecular flexibility index (Phi) is 7.51. The van der Waals surface area contributed by atoms with Gasteiger partial charge in [-0.15, -0.1) is 0 Å². The second kappa shape index (κ2) is 10.1. The highest BCUT2D eigenvalue weighted by molar-refractivity contribution is 6.05. The molecule has 2 aromatic carbocycles. The first-order chi connectivity index (χ1) is 13.0. The second-order valence-corrected chi connectivity index (χ2v) is 5.80. The number of anilines is 1. The lowest BCUT2D eigenvalue weighted by atomic mass is 10.1. The molecule has 27 heavy (non-hydrogen) atoms. The summed E-state index contributed by atoms with van der Waals surface area (Å²) in [6.45, 7) is 1.66. The van der Waals surface area contributed by atoms with E-state index in [9.17, 15) is 9.59 Å². The summed E-state index contributed by atoms with van der Waals surface area (Å²) >= 11 is 0. The summed E-state index contributed by atoms with van der Waals surface area (Å²) < 4.78 is 10.3. The van der Waals surface area contributed by atoms with Crippen molar-refractivity contribution in [3.05, 3.63) is 60.2 Å². The second-order valence-electron chi connectivity index (χ2n) is 5.80. The van der Waals surface area contributed by atoms with E-state index < -0.39 is 12.0 Å². The fourth-order valence-corrected chi connectivity index (χ4v) is 2.38.